The van der Waals surface area contributed by atoms with Gasteiger partial charge in [-0.05, 0) is 67.6 Å². The molecule has 2 atom stereocenters. The maximum atomic E-state index is 12.4. The van der Waals surface area contributed by atoms with Crippen molar-refractivity contribution in [3.63, 3.8) is 0 Å². The number of hydrogen-bond acceptors (Lipinski definition) is 6. The van der Waals surface area contributed by atoms with Gasteiger partial charge in [0.1, 0.15) is 30.8 Å². The van der Waals surface area contributed by atoms with Crippen LogP contribution in [-0.2, 0) is 16.0 Å². The Morgan fingerprint density at radius 2 is 1.71 bits per heavy atom. The number of carboxylic acid groups (broad SMARTS) is 1. The average Bonchev–Trinajstić information content (AvgIpc) is 3.55. The summed E-state index contributed by atoms with van der Waals surface area (Å²) in [6.07, 6.45) is 2.71. The minimum absolute atomic E-state index is 0.0234. The first-order chi connectivity index (χ1) is 16.4. The molecule has 2 fully saturated rings. The van der Waals surface area contributed by atoms with Gasteiger partial charge in [-0.2, -0.15) is 0 Å². The van der Waals surface area contributed by atoms with E-state index in [0.29, 0.717) is 30.1 Å². The second-order valence-electron chi connectivity index (χ2n) is 8.88. The Hall–Kier alpha value is -3.10. The minimum atomic E-state index is -1.18. The van der Waals surface area contributed by atoms with Crippen molar-refractivity contribution >= 4 is 11.9 Å². The zero-order valence-electron chi connectivity index (χ0n) is 19.2. The van der Waals surface area contributed by atoms with Crippen molar-refractivity contribution in [1.29, 1.82) is 0 Å². The van der Waals surface area contributed by atoms with Crippen LogP contribution in [0, 0.1) is 0 Å². The Morgan fingerprint density at radius 3 is 2.35 bits per heavy atom. The number of benzene rings is 2. The van der Waals surface area contributed by atoms with Crippen LogP contribution in [0.4, 0.5) is 0 Å². The van der Waals surface area contributed by atoms with Gasteiger partial charge >= 0.3 is 5.97 Å². The van der Waals surface area contributed by atoms with Crippen LogP contribution in [0.1, 0.15) is 41.6 Å². The average molecular weight is 470 g/mol. The number of carbonyl (C=O) groups is 2. The molecule has 0 radical (unpaired) electrons. The molecular weight excluding hydrogens is 438 g/mol. The largest absolute Gasteiger partial charge is 0.491 e. The Morgan fingerprint density at radius 1 is 1.00 bits per heavy atom. The summed E-state index contributed by atoms with van der Waals surface area (Å²) >= 11 is 0. The number of carboxylic acids is 1. The monoisotopic (exact) mass is 469 g/mol. The molecule has 1 amide bonds. The molecule has 1 unspecified atom stereocenters. The van der Waals surface area contributed by atoms with Crippen molar-refractivity contribution < 1.29 is 34.0 Å². The topological polar surface area (TPSA) is 106 Å². The molecule has 2 saturated heterocycles. The van der Waals surface area contributed by atoms with Crippen LogP contribution in [0.25, 0.3) is 0 Å². The van der Waals surface area contributed by atoms with Crippen LogP contribution >= 0.6 is 0 Å². The highest BCUT2D eigenvalue weighted by molar-refractivity contribution is 5.94. The standard InChI is InChI=1S/C26H31NO7/c28-21(17-32-22-9-7-20(8-10-22)24(29)27-12-1-2-13-27)18-33-23-6-3-5-19(15-23)16-26(25(30)31)11-4-14-34-26/h3,5-10,15,21,28H,1-2,4,11-14,16-18H2,(H,30,31)/t21-,26?/m0/s1. The van der Waals surface area contributed by atoms with Gasteiger partial charge in [0.25, 0.3) is 5.91 Å². The number of amides is 1. The smallest absolute Gasteiger partial charge is 0.336 e. The maximum absolute atomic E-state index is 12.4. The van der Waals surface area contributed by atoms with E-state index in [0.717, 1.165) is 37.9 Å². The molecular formula is C26H31NO7. The van der Waals surface area contributed by atoms with Crippen molar-refractivity contribution in [2.45, 2.75) is 43.8 Å². The number of carbonyl (C=O) groups excluding carboxylic acids is 1. The fourth-order valence-electron chi connectivity index (χ4n) is 4.39. The predicted molar refractivity (Wildman–Crippen MR) is 124 cm³/mol. The maximum Gasteiger partial charge on any atom is 0.336 e. The summed E-state index contributed by atoms with van der Waals surface area (Å²) in [5.41, 5.74) is 0.252. The van der Waals surface area contributed by atoms with Gasteiger partial charge in [-0.15, -0.1) is 0 Å². The molecule has 2 aromatic rings. The Labute approximate surface area is 199 Å². The van der Waals surface area contributed by atoms with Gasteiger partial charge in [0.15, 0.2) is 5.60 Å². The molecule has 8 heteroatoms. The lowest BCUT2D eigenvalue weighted by Gasteiger charge is -2.23. The molecule has 8 nitrogen and oxygen atoms in total. The number of ether oxygens (including phenoxy) is 3. The summed E-state index contributed by atoms with van der Waals surface area (Å²) in [6.45, 7) is 2.12. The fraction of sp³-hybridized carbons (Fsp3) is 0.462. The normalized spacial score (nSPS) is 20.8. The molecule has 2 aliphatic rings. The van der Waals surface area contributed by atoms with Crippen LogP contribution < -0.4 is 9.47 Å². The van der Waals surface area contributed by atoms with E-state index in [2.05, 4.69) is 0 Å². The van der Waals surface area contributed by atoms with Crippen LogP contribution in [0.15, 0.2) is 48.5 Å². The first-order valence-corrected chi connectivity index (χ1v) is 11.7. The summed E-state index contributed by atoms with van der Waals surface area (Å²) in [5.74, 6) is 0.195. The third-order valence-electron chi connectivity index (χ3n) is 6.26. The predicted octanol–water partition coefficient (Wildman–Crippen LogP) is 2.92. The Bertz CT molecular complexity index is 979. The Balaban J connectivity index is 1.24. The van der Waals surface area contributed by atoms with Gasteiger partial charge in [0.05, 0.1) is 0 Å². The van der Waals surface area contributed by atoms with E-state index in [-0.39, 0.29) is 25.5 Å². The molecule has 0 bridgehead atoms. The summed E-state index contributed by atoms with van der Waals surface area (Å²) in [7, 11) is 0. The molecule has 182 valence electrons. The minimum Gasteiger partial charge on any atom is -0.491 e. The van der Waals surface area contributed by atoms with Gasteiger partial charge in [-0.25, -0.2) is 4.79 Å². The summed E-state index contributed by atoms with van der Waals surface area (Å²) < 4.78 is 16.9. The lowest BCUT2D eigenvalue weighted by Crippen LogP contribution is -2.40. The van der Waals surface area contributed by atoms with Gasteiger partial charge in [-0.3, -0.25) is 4.79 Å². The lowest BCUT2D eigenvalue weighted by atomic mass is 9.91. The Kier molecular flexibility index (Phi) is 7.70. The molecule has 0 aromatic heterocycles. The number of nitrogens with zero attached hydrogens (tertiary/aromatic N) is 1. The fourth-order valence-corrected chi connectivity index (χ4v) is 4.39. The van der Waals surface area contributed by atoms with Crippen LogP contribution in [0.5, 0.6) is 11.5 Å². The molecule has 0 aliphatic carbocycles. The lowest BCUT2D eigenvalue weighted by molar-refractivity contribution is -0.159. The number of hydrogen-bond donors (Lipinski definition) is 2. The SMILES string of the molecule is O=C(c1ccc(OC[C@H](O)COc2cccc(CC3(C(=O)O)CCCO3)c2)cc1)N1CCCC1. The van der Waals surface area contributed by atoms with Crippen molar-refractivity contribution in [1.82, 2.24) is 4.90 Å². The highest BCUT2D eigenvalue weighted by Crippen LogP contribution is 2.31. The van der Waals surface area contributed by atoms with E-state index < -0.39 is 17.7 Å². The van der Waals surface area contributed by atoms with Crippen LogP contribution in [0.3, 0.4) is 0 Å². The van der Waals surface area contributed by atoms with Crippen molar-refractivity contribution in [3.05, 3.63) is 59.7 Å². The first-order valence-electron chi connectivity index (χ1n) is 11.7. The third kappa shape index (κ3) is 5.87. The van der Waals surface area contributed by atoms with Crippen molar-refractivity contribution in [2.75, 3.05) is 32.9 Å². The highest BCUT2D eigenvalue weighted by atomic mass is 16.5. The molecule has 2 heterocycles. The van der Waals surface area contributed by atoms with E-state index in [4.69, 9.17) is 14.2 Å². The summed E-state index contributed by atoms with van der Waals surface area (Å²) in [5, 5.41) is 19.9. The van der Waals surface area contributed by atoms with E-state index in [9.17, 15) is 19.8 Å². The molecule has 2 aromatic carbocycles. The van der Waals surface area contributed by atoms with E-state index in [1.807, 2.05) is 11.0 Å². The van der Waals surface area contributed by atoms with E-state index in [1.54, 1.807) is 42.5 Å². The molecule has 0 spiro atoms. The second-order valence-corrected chi connectivity index (χ2v) is 8.88. The molecule has 0 saturated carbocycles. The molecule has 2 aliphatic heterocycles. The third-order valence-corrected chi connectivity index (χ3v) is 6.26. The van der Waals surface area contributed by atoms with Crippen LogP contribution in [-0.4, -0.2) is 71.6 Å². The zero-order valence-corrected chi connectivity index (χ0v) is 19.2. The molecule has 4 rings (SSSR count). The quantitative estimate of drug-likeness (QED) is 0.551. The number of aliphatic hydroxyl groups is 1. The van der Waals surface area contributed by atoms with Gasteiger partial charge in [0.2, 0.25) is 0 Å². The van der Waals surface area contributed by atoms with Crippen molar-refractivity contribution in [3.8, 4) is 11.5 Å². The zero-order chi connectivity index (χ0) is 24.0. The van der Waals surface area contributed by atoms with E-state index in [1.165, 1.54) is 0 Å². The molecule has 34 heavy (non-hydrogen) atoms. The highest BCUT2D eigenvalue weighted by Gasteiger charge is 2.42. The van der Waals surface area contributed by atoms with Crippen molar-refractivity contribution in [2.24, 2.45) is 0 Å². The van der Waals surface area contributed by atoms with E-state index >= 15 is 0 Å². The number of likely N-dealkylation sites (tertiary alicyclic amines) is 1. The van der Waals surface area contributed by atoms with Crippen LogP contribution in [0.2, 0.25) is 0 Å². The van der Waals surface area contributed by atoms with Gasteiger partial charge < -0.3 is 29.3 Å². The van der Waals surface area contributed by atoms with Gasteiger partial charge in [-0.1, -0.05) is 12.1 Å². The second kappa shape index (κ2) is 10.9. The first kappa shape index (κ1) is 24.0. The number of aliphatic hydroxyl groups excluding tert-OH is 1. The van der Waals surface area contributed by atoms with Gasteiger partial charge in [0, 0.05) is 31.7 Å². The number of aliphatic carboxylic acids is 1. The molecule has 2 N–H and O–H groups in total. The summed E-state index contributed by atoms with van der Waals surface area (Å²) in [4.78, 5) is 26.0. The summed E-state index contributed by atoms with van der Waals surface area (Å²) in [6, 6.07) is 14.1. The number of rotatable bonds is 10.